The van der Waals surface area contributed by atoms with E-state index in [0.29, 0.717) is 5.56 Å². The molecule has 0 aliphatic rings. The molecule has 1 N–H and O–H groups in total. The molecule has 0 saturated carbocycles. The number of carbonyl (C=O) groups excluding carboxylic acids is 1. The van der Waals surface area contributed by atoms with Crippen molar-refractivity contribution in [2.75, 3.05) is 0 Å². The second kappa shape index (κ2) is 6.66. The Hall–Kier alpha value is -1.20. The molecule has 1 aromatic carbocycles. The fraction of sp³-hybridized carbons (Fsp3) is 0.0769. The van der Waals surface area contributed by atoms with Crippen molar-refractivity contribution >= 4 is 38.7 Å². The maximum Gasteiger partial charge on any atom is 0.180 e. The zero-order valence-electron chi connectivity index (χ0n) is 9.29. The summed E-state index contributed by atoms with van der Waals surface area (Å²) >= 11 is 3.35. The molecule has 1 aromatic heterocycles. The summed E-state index contributed by atoms with van der Waals surface area (Å²) in [6, 6.07) is 9.81. The van der Waals surface area contributed by atoms with E-state index in [1.165, 1.54) is 12.1 Å². The van der Waals surface area contributed by atoms with Crippen LogP contribution in [0.25, 0.3) is 0 Å². The van der Waals surface area contributed by atoms with Crippen LogP contribution in [0.4, 0.5) is 0 Å². The van der Waals surface area contributed by atoms with E-state index in [1.54, 1.807) is 30.6 Å². The Kier molecular flexibility index (Phi) is 5.50. The van der Waals surface area contributed by atoms with Crippen LogP contribution in [0.3, 0.4) is 0 Å². The highest BCUT2D eigenvalue weighted by atomic mass is 79.9. The number of nitrogens with zero attached hydrogens (tertiary/aromatic N) is 1. The molecule has 0 radical (unpaired) electrons. The molecule has 0 aliphatic carbocycles. The van der Waals surface area contributed by atoms with Crippen molar-refractivity contribution in [1.29, 1.82) is 0 Å². The number of hydrogen-bond acceptors (Lipinski definition) is 3. The van der Waals surface area contributed by atoms with Gasteiger partial charge in [-0.3, -0.25) is 9.78 Å². The van der Waals surface area contributed by atoms with Crippen LogP contribution in [0.2, 0.25) is 0 Å². The molecule has 0 bridgehead atoms. The number of Topliss-reactive ketones (excluding diaryl/α,β-unsaturated/α-hetero) is 1. The molecule has 5 heteroatoms. The van der Waals surface area contributed by atoms with E-state index in [1.807, 2.05) is 6.07 Å². The highest BCUT2D eigenvalue weighted by Gasteiger charge is 2.18. The van der Waals surface area contributed by atoms with Gasteiger partial charge in [-0.05, 0) is 35.9 Å². The van der Waals surface area contributed by atoms with E-state index in [0.717, 1.165) is 5.56 Å². The van der Waals surface area contributed by atoms with Gasteiger partial charge in [0.15, 0.2) is 5.78 Å². The van der Waals surface area contributed by atoms with Crippen molar-refractivity contribution in [3.8, 4) is 5.75 Å². The molecule has 2 rings (SSSR count). The van der Waals surface area contributed by atoms with Gasteiger partial charge in [-0.15, -0.1) is 17.0 Å². The van der Waals surface area contributed by atoms with Gasteiger partial charge in [0, 0.05) is 18.0 Å². The molecular weight excluding hydrogens is 362 g/mol. The number of hydrogen-bond donors (Lipinski definition) is 1. The minimum atomic E-state index is -0.416. The van der Waals surface area contributed by atoms with Crippen LogP contribution in [0.15, 0.2) is 48.8 Å². The SMILES string of the molecule is Br.O=C(c1ccc(O)cc1)C(Br)c1cccnc1. The largest absolute Gasteiger partial charge is 0.508 e. The molecule has 0 fully saturated rings. The number of pyridine rings is 1. The van der Waals surface area contributed by atoms with E-state index < -0.39 is 4.83 Å². The average molecular weight is 373 g/mol. The van der Waals surface area contributed by atoms with E-state index >= 15 is 0 Å². The molecule has 1 atom stereocenters. The first-order chi connectivity index (χ1) is 8.18. The van der Waals surface area contributed by atoms with Gasteiger partial charge in [-0.1, -0.05) is 22.0 Å². The lowest BCUT2D eigenvalue weighted by Crippen LogP contribution is -2.06. The van der Waals surface area contributed by atoms with Gasteiger partial charge in [0.05, 0.1) is 0 Å². The van der Waals surface area contributed by atoms with Crippen LogP contribution < -0.4 is 0 Å². The number of alkyl halides is 1. The fourth-order valence-electron chi connectivity index (χ4n) is 1.45. The third-order valence-corrected chi connectivity index (χ3v) is 3.30. The number of rotatable bonds is 3. The van der Waals surface area contributed by atoms with E-state index in [-0.39, 0.29) is 28.5 Å². The van der Waals surface area contributed by atoms with Crippen molar-refractivity contribution in [3.05, 3.63) is 59.9 Å². The minimum absolute atomic E-state index is 0. The zero-order valence-corrected chi connectivity index (χ0v) is 12.6. The Morgan fingerprint density at radius 2 is 1.89 bits per heavy atom. The highest BCUT2D eigenvalue weighted by molar-refractivity contribution is 9.09. The lowest BCUT2D eigenvalue weighted by atomic mass is 10.0. The zero-order chi connectivity index (χ0) is 12.3. The number of benzene rings is 1. The molecule has 0 spiro atoms. The number of phenols is 1. The molecule has 0 aliphatic heterocycles. The summed E-state index contributed by atoms with van der Waals surface area (Å²) in [6.07, 6.45) is 3.31. The van der Waals surface area contributed by atoms with Crippen LogP contribution in [0.1, 0.15) is 20.7 Å². The smallest absolute Gasteiger partial charge is 0.180 e. The summed E-state index contributed by atoms with van der Waals surface area (Å²) < 4.78 is 0. The van der Waals surface area contributed by atoms with Gasteiger partial charge >= 0.3 is 0 Å². The summed E-state index contributed by atoms with van der Waals surface area (Å²) in [7, 11) is 0. The Balaban J connectivity index is 0.00000162. The Morgan fingerprint density at radius 1 is 1.22 bits per heavy atom. The molecule has 18 heavy (non-hydrogen) atoms. The standard InChI is InChI=1S/C13H10BrNO2.BrH/c14-12(10-2-1-7-15-8-10)13(17)9-3-5-11(16)6-4-9;/h1-8,12,16H;1H. The fourth-order valence-corrected chi connectivity index (χ4v) is 1.98. The van der Waals surface area contributed by atoms with Gasteiger partial charge in [0.2, 0.25) is 0 Å². The Morgan fingerprint density at radius 3 is 2.44 bits per heavy atom. The monoisotopic (exact) mass is 371 g/mol. The second-order valence-electron chi connectivity index (χ2n) is 3.56. The maximum absolute atomic E-state index is 12.1. The molecule has 0 saturated heterocycles. The number of ketones is 1. The topological polar surface area (TPSA) is 50.2 Å². The van der Waals surface area contributed by atoms with Crippen molar-refractivity contribution in [3.63, 3.8) is 0 Å². The van der Waals surface area contributed by atoms with Crippen LogP contribution in [-0.2, 0) is 0 Å². The Bertz CT molecular complexity index is 514. The lowest BCUT2D eigenvalue weighted by molar-refractivity contribution is 0.0991. The molecule has 3 nitrogen and oxygen atoms in total. The first kappa shape index (κ1) is 14.9. The van der Waals surface area contributed by atoms with Gasteiger partial charge in [-0.2, -0.15) is 0 Å². The van der Waals surface area contributed by atoms with Crippen LogP contribution in [0.5, 0.6) is 5.75 Å². The van der Waals surface area contributed by atoms with Crippen molar-refractivity contribution in [2.24, 2.45) is 0 Å². The van der Waals surface area contributed by atoms with Gasteiger partial charge in [-0.25, -0.2) is 0 Å². The predicted octanol–water partition coefficient (Wildman–Crippen LogP) is 3.68. The number of aromatic hydroxyl groups is 1. The quantitative estimate of drug-likeness (QED) is 0.660. The highest BCUT2D eigenvalue weighted by Crippen LogP contribution is 2.26. The third kappa shape index (κ3) is 3.40. The number of halogens is 2. The molecular formula is C13H11Br2NO2. The van der Waals surface area contributed by atoms with Crippen molar-refractivity contribution in [2.45, 2.75) is 4.83 Å². The van der Waals surface area contributed by atoms with Gasteiger partial charge < -0.3 is 5.11 Å². The van der Waals surface area contributed by atoms with E-state index in [4.69, 9.17) is 5.11 Å². The maximum atomic E-state index is 12.1. The predicted molar refractivity (Wildman–Crippen MR) is 78.7 cm³/mol. The van der Waals surface area contributed by atoms with Crippen LogP contribution in [-0.4, -0.2) is 15.9 Å². The van der Waals surface area contributed by atoms with Crippen LogP contribution >= 0.6 is 32.9 Å². The average Bonchev–Trinajstić information content (AvgIpc) is 2.39. The minimum Gasteiger partial charge on any atom is -0.508 e. The summed E-state index contributed by atoms with van der Waals surface area (Å²) in [5.74, 6) is 0.0899. The molecule has 2 aromatic rings. The van der Waals surface area contributed by atoms with Crippen molar-refractivity contribution < 1.29 is 9.90 Å². The van der Waals surface area contributed by atoms with Crippen LogP contribution in [0, 0.1) is 0 Å². The van der Waals surface area contributed by atoms with E-state index in [2.05, 4.69) is 20.9 Å². The first-order valence-corrected chi connectivity index (χ1v) is 5.97. The van der Waals surface area contributed by atoms with Gasteiger partial charge in [0.25, 0.3) is 0 Å². The van der Waals surface area contributed by atoms with Gasteiger partial charge in [0.1, 0.15) is 10.6 Å². The second-order valence-corrected chi connectivity index (χ2v) is 4.48. The van der Waals surface area contributed by atoms with Crippen molar-refractivity contribution in [1.82, 2.24) is 4.98 Å². The third-order valence-electron chi connectivity index (χ3n) is 2.36. The normalized spacial score (nSPS) is 11.4. The number of aromatic nitrogens is 1. The summed E-state index contributed by atoms with van der Waals surface area (Å²) in [6.45, 7) is 0. The first-order valence-electron chi connectivity index (χ1n) is 5.06. The summed E-state index contributed by atoms with van der Waals surface area (Å²) in [4.78, 5) is 15.7. The molecule has 0 amide bonds. The lowest BCUT2D eigenvalue weighted by Gasteiger charge is -2.08. The summed E-state index contributed by atoms with van der Waals surface area (Å²) in [5, 5.41) is 9.16. The van der Waals surface area contributed by atoms with E-state index in [9.17, 15) is 4.79 Å². The number of carbonyl (C=O) groups is 1. The Labute approximate surface area is 124 Å². The number of phenolic OH excluding ortho intramolecular Hbond substituents is 1. The molecule has 94 valence electrons. The summed E-state index contributed by atoms with van der Waals surface area (Å²) in [5.41, 5.74) is 1.36. The molecule has 1 heterocycles. The molecule has 1 unspecified atom stereocenters.